The number of hydrogen-bond acceptors (Lipinski definition) is 3. The largest absolute Gasteiger partial charge is 0.349 e. The van der Waals surface area contributed by atoms with Crippen LogP contribution in [0.25, 0.3) is 0 Å². The molecule has 1 aromatic rings. The standard InChI is InChI=1S/C16H28N4O/c1-12(14-10-18-20(3)13(14)2)19-15(21)9-16(11-17)7-5-4-6-8-16/h10,12H,4-9,11,17H2,1-3H3,(H,19,21). The summed E-state index contributed by atoms with van der Waals surface area (Å²) in [6, 6.07) is -0.00962. The molecule has 0 saturated heterocycles. The smallest absolute Gasteiger partial charge is 0.221 e. The van der Waals surface area contributed by atoms with E-state index in [2.05, 4.69) is 10.4 Å². The lowest BCUT2D eigenvalue weighted by atomic mass is 9.71. The summed E-state index contributed by atoms with van der Waals surface area (Å²) in [5.74, 6) is 0.109. The fraction of sp³-hybridized carbons (Fsp3) is 0.750. The van der Waals surface area contributed by atoms with Crippen LogP contribution in [0.5, 0.6) is 0 Å². The van der Waals surface area contributed by atoms with Crippen molar-refractivity contribution in [2.75, 3.05) is 6.54 Å². The number of rotatable bonds is 5. The Labute approximate surface area is 127 Å². The topological polar surface area (TPSA) is 72.9 Å². The summed E-state index contributed by atoms with van der Waals surface area (Å²) in [6.45, 7) is 4.64. The van der Waals surface area contributed by atoms with E-state index in [0.29, 0.717) is 13.0 Å². The van der Waals surface area contributed by atoms with Crippen LogP contribution in [-0.4, -0.2) is 22.2 Å². The molecule has 5 heteroatoms. The number of aryl methyl sites for hydroxylation is 1. The third kappa shape index (κ3) is 3.64. The zero-order valence-electron chi connectivity index (χ0n) is 13.5. The molecule has 118 valence electrons. The second-order valence-corrected chi connectivity index (χ2v) is 6.54. The molecule has 1 saturated carbocycles. The lowest BCUT2D eigenvalue weighted by molar-refractivity contribution is -0.124. The lowest BCUT2D eigenvalue weighted by Gasteiger charge is -2.36. The quantitative estimate of drug-likeness (QED) is 0.874. The van der Waals surface area contributed by atoms with Crippen LogP contribution < -0.4 is 11.1 Å². The Bertz CT molecular complexity index is 488. The molecule has 0 bridgehead atoms. The third-order valence-corrected chi connectivity index (χ3v) is 5.00. The maximum atomic E-state index is 12.4. The van der Waals surface area contributed by atoms with E-state index in [0.717, 1.165) is 24.1 Å². The molecule has 1 aliphatic carbocycles. The second kappa shape index (κ2) is 6.60. The number of nitrogens with zero attached hydrogens (tertiary/aromatic N) is 2. The van der Waals surface area contributed by atoms with Gasteiger partial charge in [0.05, 0.1) is 12.2 Å². The predicted molar refractivity (Wildman–Crippen MR) is 83.7 cm³/mol. The number of nitrogens with one attached hydrogen (secondary N) is 1. The van der Waals surface area contributed by atoms with Crippen LogP contribution >= 0.6 is 0 Å². The van der Waals surface area contributed by atoms with Gasteiger partial charge in [-0.2, -0.15) is 5.10 Å². The van der Waals surface area contributed by atoms with E-state index in [1.165, 1.54) is 19.3 Å². The van der Waals surface area contributed by atoms with Crippen molar-refractivity contribution in [1.82, 2.24) is 15.1 Å². The molecule has 1 aliphatic rings. The van der Waals surface area contributed by atoms with Gasteiger partial charge in [-0.25, -0.2) is 0 Å². The molecule has 1 amide bonds. The molecule has 1 fully saturated rings. The molecule has 1 unspecified atom stereocenters. The first kappa shape index (κ1) is 16.0. The Kier molecular flexibility index (Phi) is 5.04. The van der Waals surface area contributed by atoms with Gasteiger partial charge in [0, 0.05) is 24.7 Å². The number of carbonyl (C=O) groups is 1. The molecule has 1 aromatic heterocycles. The summed E-state index contributed by atoms with van der Waals surface area (Å²) < 4.78 is 1.83. The predicted octanol–water partition coefficient (Wildman–Crippen LogP) is 2.21. The zero-order chi connectivity index (χ0) is 15.5. The van der Waals surface area contributed by atoms with Crippen LogP contribution in [0, 0.1) is 12.3 Å². The van der Waals surface area contributed by atoms with E-state index >= 15 is 0 Å². The van der Waals surface area contributed by atoms with Crippen LogP contribution in [0.15, 0.2) is 6.20 Å². The van der Waals surface area contributed by atoms with Gasteiger partial charge in [0.2, 0.25) is 5.91 Å². The van der Waals surface area contributed by atoms with E-state index in [-0.39, 0.29) is 17.4 Å². The van der Waals surface area contributed by atoms with Gasteiger partial charge in [-0.05, 0) is 38.6 Å². The number of amides is 1. The molecule has 0 aliphatic heterocycles. The summed E-state index contributed by atoms with van der Waals surface area (Å²) in [7, 11) is 1.92. The van der Waals surface area contributed by atoms with Gasteiger partial charge >= 0.3 is 0 Å². The van der Waals surface area contributed by atoms with Gasteiger partial charge in [-0.1, -0.05) is 19.3 Å². The van der Waals surface area contributed by atoms with Crippen molar-refractivity contribution < 1.29 is 4.79 Å². The number of aromatic nitrogens is 2. The van der Waals surface area contributed by atoms with Gasteiger partial charge in [-0.15, -0.1) is 0 Å². The Balaban J connectivity index is 1.96. The maximum absolute atomic E-state index is 12.4. The minimum absolute atomic E-state index is 0.00962. The summed E-state index contributed by atoms with van der Waals surface area (Å²) in [5, 5.41) is 7.34. The maximum Gasteiger partial charge on any atom is 0.221 e. The van der Waals surface area contributed by atoms with Crippen LogP contribution in [-0.2, 0) is 11.8 Å². The molecule has 0 aromatic carbocycles. The highest BCUT2D eigenvalue weighted by molar-refractivity contribution is 5.77. The van der Waals surface area contributed by atoms with Crippen LogP contribution in [0.3, 0.4) is 0 Å². The highest BCUT2D eigenvalue weighted by Crippen LogP contribution is 2.38. The summed E-state index contributed by atoms with van der Waals surface area (Å²) >= 11 is 0. The molecule has 21 heavy (non-hydrogen) atoms. The Morgan fingerprint density at radius 3 is 2.67 bits per heavy atom. The normalized spacial score (nSPS) is 19.2. The highest BCUT2D eigenvalue weighted by Gasteiger charge is 2.33. The van der Waals surface area contributed by atoms with E-state index in [9.17, 15) is 4.79 Å². The Hall–Kier alpha value is -1.36. The van der Waals surface area contributed by atoms with E-state index < -0.39 is 0 Å². The van der Waals surface area contributed by atoms with Crippen molar-refractivity contribution >= 4 is 5.91 Å². The van der Waals surface area contributed by atoms with Crippen molar-refractivity contribution in [3.8, 4) is 0 Å². The van der Waals surface area contributed by atoms with E-state index in [4.69, 9.17) is 5.73 Å². The van der Waals surface area contributed by atoms with Crippen molar-refractivity contribution in [2.45, 2.75) is 58.4 Å². The van der Waals surface area contributed by atoms with Crippen LogP contribution in [0.4, 0.5) is 0 Å². The van der Waals surface area contributed by atoms with Gasteiger partial charge in [0.1, 0.15) is 0 Å². The van der Waals surface area contributed by atoms with Gasteiger partial charge in [0.15, 0.2) is 0 Å². The molecular weight excluding hydrogens is 264 g/mol. The fourth-order valence-corrected chi connectivity index (χ4v) is 3.41. The molecule has 1 heterocycles. The first-order valence-corrected chi connectivity index (χ1v) is 7.95. The van der Waals surface area contributed by atoms with Crippen molar-refractivity contribution in [1.29, 1.82) is 0 Å². The average Bonchev–Trinajstić information content (AvgIpc) is 2.80. The van der Waals surface area contributed by atoms with Crippen molar-refractivity contribution in [3.05, 3.63) is 17.5 Å². The minimum Gasteiger partial charge on any atom is -0.349 e. The third-order valence-electron chi connectivity index (χ3n) is 5.00. The molecule has 0 spiro atoms. The fourth-order valence-electron chi connectivity index (χ4n) is 3.41. The van der Waals surface area contributed by atoms with E-state index in [1.807, 2.05) is 31.8 Å². The zero-order valence-corrected chi connectivity index (χ0v) is 13.5. The van der Waals surface area contributed by atoms with E-state index in [1.54, 1.807) is 0 Å². The first-order valence-electron chi connectivity index (χ1n) is 7.95. The summed E-state index contributed by atoms with van der Waals surface area (Å²) in [5.41, 5.74) is 8.15. The number of carbonyl (C=O) groups excluding carboxylic acids is 1. The molecule has 1 atom stereocenters. The minimum atomic E-state index is -0.00962. The van der Waals surface area contributed by atoms with Crippen LogP contribution in [0.1, 0.15) is 62.7 Å². The molecule has 2 rings (SSSR count). The Morgan fingerprint density at radius 1 is 1.48 bits per heavy atom. The van der Waals surface area contributed by atoms with Crippen molar-refractivity contribution in [3.63, 3.8) is 0 Å². The van der Waals surface area contributed by atoms with Gasteiger partial charge in [0.25, 0.3) is 0 Å². The van der Waals surface area contributed by atoms with Gasteiger partial charge < -0.3 is 11.1 Å². The SMILES string of the molecule is Cc1c(C(C)NC(=O)CC2(CN)CCCCC2)cnn1C. The molecule has 3 N–H and O–H groups in total. The molecular formula is C16H28N4O. The van der Waals surface area contributed by atoms with Gasteiger partial charge in [-0.3, -0.25) is 9.48 Å². The lowest BCUT2D eigenvalue weighted by Crippen LogP contribution is -2.39. The first-order chi connectivity index (χ1) is 9.97. The average molecular weight is 292 g/mol. The van der Waals surface area contributed by atoms with Crippen LogP contribution in [0.2, 0.25) is 0 Å². The summed E-state index contributed by atoms with van der Waals surface area (Å²) in [4.78, 5) is 12.4. The summed E-state index contributed by atoms with van der Waals surface area (Å²) in [6.07, 6.45) is 8.21. The Morgan fingerprint density at radius 2 is 2.14 bits per heavy atom. The molecule has 0 radical (unpaired) electrons. The monoisotopic (exact) mass is 292 g/mol. The second-order valence-electron chi connectivity index (χ2n) is 6.54. The van der Waals surface area contributed by atoms with Crippen molar-refractivity contribution in [2.24, 2.45) is 18.2 Å². The highest BCUT2D eigenvalue weighted by atomic mass is 16.1. The number of nitrogens with two attached hydrogens (primary N) is 1. The molecule has 5 nitrogen and oxygen atoms in total. The number of hydrogen-bond donors (Lipinski definition) is 2.